The first kappa shape index (κ1) is 11.8. The largest absolute Gasteiger partial charge is 0.351 e. The number of nitrogens with one attached hydrogen (secondary N) is 1. The second-order valence-corrected chi connectivity index (χ2v) is 3.98. The first-order valence-corrected chi connectivity index (χ1v) is 5.27. The molecule has 1 fully saturated rings. The topological polar surface area (TPSA) is 67.5 Å². The molecule has 0 unspecified atom stereocenters. The molecule has 2 amide bonds. The second-order valence-electron chi connectivity index (χ2n) is 3.98. The Morgan fingerprint density at radius 1 is 1.40 bits per heavy atom. The van der Waals surface area contributed by atoms with Crippen LogP contribution in [-0.2, 0) is 0 Å². The summed E-state index contributed by atoms with van der Waals surface area (Å²) < 4.78 is 0. The number of carbonyl (C=O) groups is 1. The van der Waals surface area contributed by atoms with Crippen molar-refractivity contribution in [1.29, 1.82) is 0 Å². The highest BCUT2D eigenvalue weighted by atomic mass is 16.2. The fourth-order valence-corrected chi connectivity index (χ4v) is 1.81. The van der Waals surface area contributed by atoms with Crippen LogP contribution in [0.15, 0.2) is 16.3 Å². The van der Waals surface area contributed by atoms with Crippen molar-refractivity contribution < 1.29 is 4.79 Å². The van der Waals surface area contributed by atoms with Gasteiger partial charge in [0.15, 0.2) is 0 Å². The van der Waals surface area contributed by atoms with E-state index < -0.39 is 6.03 Å². The van der Waals surface area contributed by atoms with Gasteiger partial charge in [-0.1, -0.05) is 6.42 Å². The van der Waals surface area contributed by atoms with E-state index in [0.29, 0.717) is 5.92 Å². The number of hydrogen-bond acceptors (Lipinski definition) is 2. The van der Waals surface area contributed by atoms with E-state index in [2.05, 4.69) is 10.3 Å². The lowest BCUT2D eigenvalue weighted by Gasteiger charge is -2.28. The Morgan fingerprint density at radius 3 is 2.33 bits per heavy atom. The number of rotatable bonds is 3. The monoisotopic (exact) mass is 209 g/mol. The molecule has 0 bridgehead atoms. The number of amides is 2. The molecule has 4 nitrogen and oxygen atoms in total. The molecule has 0 heterocycles. The molecule has 1 aliphatic carbocycles. The number of carbonyl (C=O) groups excluding carboxylic acids is 1. The van der Waals surface area contributed by atoms with E-state index >= 15 is 0 Å². The lowest BCUT2D eigenvalue weighted by atomic mass is 9.79. The van der Waals surface area contributed by atoms with Crippen molar-refractivity contribution in [2.24, 2.45) is 16.6 Å². The Labute approximate surface area is 90.6 Å². The number of urea groups is 1. The molecule has 84 valence electrons. The van der Waals surface area contributed by atoms with Gasteiger partial charge in [0, 0.05) is 24.4 Å². The Hall–Kier alpha value is -1.32. The average molecular weight is 209 g/mol. The van der Waals surface area contributed by atoms with E-state index in [1.165, 1.54) is 19.3 Å². The molecule has 0 atom stereocenters. The minimum Gasteiger partial charge on any atom is -0.351 e. The fourth-order valence-electron chi connectivity index (χ4n) is 1.81. The predicted molar refractivity (Wildman–Crippen MR) is 61.8 cm³/mol. The van der Waals surface area contributed by atoms with Crippen molar-refractivity contribution in [2.75, 3.05) is 7.05 Å². The first-order valence-electron chi connectivity index (χ1n) is 5.27. The van der Waals surface area contributed by atoms with Gasteiger partial charge in [-0.15, -0.1) is 0 Å². The molecule has 0 radical (unpaired) electrons. The number of nitrogens with zero attached hydrogens (tertiary/aromatic N) is 1. The Kier molecular flexibility index (Phi) is 3.88. The number of allylic oxidation sites excluding steroid dienone is 2. The van der Waals surface area contributed by atoms with E-state index in [1.807, 2.05) is 13.8 Å². The second kappa shape index (κ2) is 4.96. The Bertz CT molecular complexity index is 314. The lowest BCUT2D eigenvalue weighted by molar-refractivity contribution is 0.251. The third kappa shape index (κ3) is 2.81. The molecule has 1 rings (SSSR count). The maximum atomic E-state index is 10.7. The van der Waals surface area contributed by atoms with E-state index in [1.54, 1.807) is 7.05 Å². The molecule has 1 saturated carbocycles. The molecule has 1 aliphatic rings. The van der Waals surface area contributed by atoms with Gasteiger partial charge in [-0.25, -0.2) is 4.79 Å². The summed E-state index contributed by atoms with van der Waals surface area (Å²) in [6.45, 7) is 3.83. The van der Waals surface area contributed by atoms with Gasteiger partial charge in [0.05, 0.1) is 0 Å². The van der Waals surface area contributed by atoms with Crippen molar-refractivity contribution in [2.45, 2.75) is 33.1 Å². The zero-order valence-corrected chi connectivity index (χ0v) is 9.63. The van der Waals surface area contributed by atoms with Gasteiger partial charge >= 0.3 is 6.03 Å². The highest BCUT2D eigenvalue weighted by molar-refractivity contribution is 6.02. The van der Waals surface area contributed by atoms with Crippen LogP contribution in [0, 0.1) is 5.92 Å². The molecule has 0 spiro atoms. The minimum absolute atomic E-state index is 0.518. The van der Waals surface area contributed by atoms with Crippen LogP contribution in [0.5, 0.6) is 0 Å². The summed E-state index contributed by atoms with van der Waals surface area (Å²) in [6.07, 6.45) is 3.68. The molecule has 0 aromatic rings. The van der Waals surface area contributed by atoms with Crippen molar-refractivity contribution >= 4 is 11.7 Å². The maximum Gasteiger partial charge on any atom is 0.316 e. The number of primary amides is 1. The van der Waals surface area contributed by atoms with Gasteiger partial charge < -0.3 is 11.1 Å². The molecule has 15 heavy (non-hydrogen) atoms. The SMILES string of the molecule is CN=C(/C(C)=C(\C)NC(N)=O)C1CCC1. The summed E-state index contributed by atoms with van der Waals surface area (Å²) in [5.74, 6) is 0.569. The van der Waals surface area contributed by atoms with Gasteiger partial charge in [-0.3, -0.25) is 4.99 Å². The van der Waals surface area contributed by atoms with Gasteiger partial charge in [-0.05, 0) is 32.3 Å². The van der Waals surface area contributed by atoms with Crippen LogP contribution in [-0.4, -0.2) is 18.8 Å². The van der Waals surface area contributed by atoms with Crippen LogP contribution in [0.25, 0.3) is 0 Å². The number of hydrogen-bond donors (Lipinski definition) is 2. The standard InChI is InChI=1S/C11H19N3O/c1-7(8(2)14-11(12)15)10(13-3)9-5-4-6-9/h9H,4-6H2,1-3H3,(H3,12,14,15)/b8-7+,13-10?. The van der Waals surface area contributed by atoms with Gasteiger partial charge in [-0.2, -0.15) is 0 Å². The zero-order valence-electron chi connectivity index (χ0n) is 9.63. The number of nitrogens with two attached hydrogens (primary N) is 1. The van der Waals surface area contributed by atoms with Gasteiger partial charge in [0.2, 0.25) is 0 Å². The molecular weight excluding hydrogens is 190 g/mol. The summed E-state index contributed by atoms with van der Waals surface area (Å²) in [7, 11) is 1.80. The van der Waals surface area contributed by atoms with Gasteiger partial charge in [0.1, 0.15) is 0 Å². The zero-order chi connectivity index (χ0) is 11.4. The van der Waals surface area contributed by atoms with Crippen LogP contribution in [0.3, 0.4) is 0 Å². The van der Waals surface area contributed by atoms with Crippen LogP contribution < -0.4 is 11.1 Å². The third-order valence-electron chi connectivity index (χ3n) is 2.99. The molecule has 0 aromatic carbocycles. The molecular formula is C11H19N3O. The molecule has 0 aromatic heterocycles. The highest BCUT2D eigenvalue weighted by Gasteiger charge is 2.24. The smallest absolute Gasteiger partial charge is 0.316 e. The van der Waals surface area contributed by atoms with Gasteiger partial charge in [0.25, 0.3) is 0 Å². The van der Waals surface area contributed by atoms with Crippen molar-refractivity contribution in [3.05, 3.63) is 11.3 Å². The third-order valence-corrected chi connectivity index (χ3v) is 2.99. The molecule has 0 aliphatic heterocycles. The summed E-state index contributed by atoms with van der Waals surface area (Å²) in [5.41, 5.74) is 8.02. The van der Waals surface area contributed by atoms with Crippen LogP contribution in [0.4, 0.5) is 4.79 Å². The van der Waals surface area contributed by atoms with E-state index in [-0.39, 0.29) is 0 Å². The van der Waals surface area contributed by atoms with Crippen molar-refractivity contribution in [1.82, 2.24) is 5.32 Å². The molecule has 3 N–H and O–H groups in total. The van der Waals surface area contributed by atoms with E-state index in [9.17, 15) is 4.79 Å². The molecule has 4 heteroatoms. The van der Waals surface area contributed by atoms with Crippen LogP contribution >= 0.6 is 0 Å². The summed E-state index contributed by atoms with van der Waals surface area (Å²) in [4.78, 5) is 15.0. The molecule has 0 saturated heterocycles. The first-order chi connectivity index (χ1) is 7.06. The Balaban J connectivity index is 2.78. The number of aliphatic imine (C=N–C) groups is 1. The summed E-state index contributed by atoms with van der Waals surface area (Å²) in [6, 6.07) is -0.518. The summed E-state index contributed by atoms with van der Waals surface area (Å²) in [5, 5.41) is 2.60. The quantitative estimate of drug-likeness (QED) is 0.684. The lowest BCUT2D eigenvalue weighted by Crippen LogP contribution is -2.31. The van der Waals surface area contributed by atoms with Crippen LogP contribution in [0.2, 0.25) is 0 Å². The average Bonchev–Trinajstić information content (AvgIpc) is 2.08. The van der Waals surface area contributed by atoms with E-state index in [4.69, 9.17) is 5.73 Å². The Morgan fingerprint density at radius 2 is 2.00 bits per heavy atom. The minimum atomic E-state index is -0.518. The highest BCUT2D eigenvalue weighted by Crippen LogP contribution is 2.30. The summed E-state index contributed by atoms with van der Waals surface area (Å²) >= 11 is 0. The fraction of sp³-hybridized carbons (Fsp3) is 0.636. The predicted octanol–water partition coefficient (Wildman–Crippen LogP) is 1.82. The maximum absolute atomic E-state index is 10.7. The van der Waals surface area contributed by atoms with Crippen molar-refractivity contribution in [3.8, 4) is 0 Å². The van der Waals surface area contributed by atoms with E-state index in [0.717, 1.165) is 17.0 Å². The normalized spacial score (nSPS) is 19.3. The van der Waals surface area contributed by atoms with Crippen molar-refractivity contribution in [3.63, 3.8) is 0 Å². The van der Waals surface area contributed by atoms with Crippen LogP contribution in [0.1, 0.15) is 33.1 Å².